The fourth-order valence-electron chi connectivity index (χ4n) is 4.47. The number of hydrogen-bond acceptors (Lipinski definition) is 3. The number of aromatic nitrogens is 1. The van der Waals surface area contributed by atoms with Gasteiger partial charge in [-0.1, -0.05) is 48.9 Å². The highest BCUT2D eigenvalue weighted by Crippen LogP contribution is 2.32. The predicted octanol–water partition coefficient (Wildman–Crippen LogP) is 5.93. The van der Waals surface area contributed by atoms with Crippen LogP contribution in [0.2, 0.25) is 0 Å². The summed E-state index contributed by atoms with van der Waals surface area (Å²) in [5, 5.41) is 2.87. The molecule has 0 spiro atoms. The number of hydrogen-bond donors (Lipinski definition) is 0. The summed E-state index contributed by atoms with van der Waals surface area (Å²) in [6.45, 7) is 5.57. The number of unbranched alkanes of at least 4 members (excludes halogenated alkanes) is 1. The Bertz CT molecular complexity index is 1400. The maximum Gasteiger partial charge on any atom is 0.262 e. The van der Waals surface area contributed by atoms with Gasteiger partial charge in [0.25, 0.3) is 16.8 Å². The lowest BCUT2D eigenvalue weighted by atomic mass is 9.92. The lowest BCUT2D eigenvalue weighted by Crippen LogP contribution is -2.40. The summed E-state index contributed by atoms with van der Waals surface area (Å²) in [7, 11) is 0. The summed E-state index contributed by atoms with van der Waals surface area (Å²) >= 11 is 1.76. The van der Waals surface area contributed by atoms with Gasteiger partial charge in [-0.15, -0.1) is 0 Å². The molecule has 4 aromatic rings. The Morgan fingerprint density at radius 3 is 2.56 bits per heavy atom. The number of thiazole rings is 1. The van der Waals surface area contributed by atoms with Gasteiger partial charge in [-0.3, -0.25) is 14.5 Å². The van der Waals surface area contributed by atoms with E-state index in [1.165, 1.54) is 20.1 Å². The molecule has 0 saturated carbocycles. The molecular weight excluding hydrogens is 416 g/mol. The van der Waals surface area contributed by atoms with Crippen LogP contribution in [0.15, 0.2) is 54.6 Å². The molecule has 3 aromatic carbocycles. The SMILES string of the molecule is CCCCN1C(=O)c2cccc3cc(/C=C/c4sc5ccccc5[n+]4CC)cc(c23)C1=O. The monoisotopic (exact) mass is 441 g/mol. The van der Waals surface area contributed by atoms with E-state index in [0.717, 1.165) is 35.7 Å². The number of amides is 2. The normalized spacial score (nSPS) is 13.8. The average Bonchev–Trinajstić information content (AvgIpc) is 3.18. The maximum absolute atomic E-state index is 13.2. The van der Waals surface area contributed by atoms with Crippen molar-refractivity contribution in [3.8, 4) is 0 Å². The Hall–Kier alpha value is -3.31. The van der Waals surface area contributed by atoms with E-state index >= 15 is 0 Å². The number of nitrogens with zero attached hydrogens (tertiary/aromatic N) is 2. The third-order valence-corrected chi connectivity index (χ3v) is 7.19. The van der Waals surface area contributed by atoms with Crippen LogP contribution in [0.1, 0.15) is 58.0 Å². The van der Waals surface area contributed by atoms with Crippen molar-refractivity contribution in [3.63, 3.8) is 0 Å². The van der Waals surface area contributed by atoms with Gasteiger partial charge in [0, 0.05) is 35.2 Å². The van der Waals surface area contributed by atoms with Crippen LogP contribution >= 0.6 is 11.3 Å². The number of fused-ring (bicyclic) bond motifs is 1. The van der Waals surface area contributed by atoms with Gasteiger partial charge in [0.05, 0.1) is 0 Å². The Labute approximate surface area is 191 Å². The molecule has 0 saturated heterocycles. The highest BCUT2D eigenvalue weighted by Gasteiger charge is 2.32. The maximum atomic E-state index is 13.2. The van der Waals surface area contributed by atoms with Gasteiger partial charge in [0.15, 0.2) is 0 Å². The molecule has 2 amide bonds. The topological polar surface area (TPSA) is 41.3 Å². The van der Waals surface area contributed by atoms with Crippen molar-refractivity contribution in [2.24, 2.45) is 0 Å². The zero-order valence-electron chi connectivity index (χ0n) is 18.3. The van der Waals surface area contributed by atoms with E-state index < -0.39 is 0 Å². The molecule has 1 aliphatic heterocycles. The summed E-state index contributed by atoms with van der Waals surface area (Å²) in [6.07, 6.45) is 5.94. The molecule has 0 bridgehead atoms. The second-order valence-electron chi connectivity index (χ2n) is 8.07. The molecule has 5 rings (SSSR count). The fourth-order valence-corrected chi connectivity index (χ4v) is 5.60. The second kappa shape index (κ2) is 8.32. The Morgan fingerprint density at radius 2 is 1.75 bits per heavy atom. The molecule has 1 aliphatic rings. The van der Waals surface area contributed by atoms with Crippen LogP contribution in [0.25, 0.3) is 33.1 Å². The van der Waals surface area contributed by atoms with Gasteiger partial charge >= 0.3 is 0 Å². The molecule has 2 heterocycles. The number of imide groups is 1. The van der Waals surface area contributed by atoms with Crippen molar-refractivity contribution < 1.29 is 14.2 Å². The van der Waals surface area contributed by atoms with Crippen molar-refractivity contribution in [3.05, 3.63) is 76.3 Å². The average molecular weight is 442 g/mol. The van der Waals surface area contributed by atoms with Gasteiger partial charge in [0.1, 0.15) is 11.2 Å². The van der Waals surface area contributed by atoms with Crippen LogP contribution in [0.4, 0.5) is 0 Å². The van der Waals surface area contributed by atoms with E-state index in [-0.39, 0.29) is 11.8 Å². The third-order valence-electron chi connectivity index (χ3n) is 6.06. The molecule has 0 atom stereocenters. The first-order chi connectivity index (χ1) is 15.6. The zero-order valence-corrected chi connectivity index (χ0v) is 19.1. The largest absolute Gasteiger partial charge is 0.274 e. The first-order valence-corrected chi connectivity index (χ1v) is 12.0. The third kappa shape index (κ3) is 3.33. The molecule has 1 aromatic heterocycles. The molecule has 32 heavy (non-hydrogen) atoms. The van der Waals surface area contributed by atoms with Crippen molar-refractivity contribution in [1.29, 1.82) is 0 Å². The van der Waals surface area contributed by atoms with Crippen molar-refractivity contribution in [1.82, 2.24) is 4.90 Å². The molecule has 4 nitrogen and oxygen atoms in total. The van der Waals surface area contributed by atoms with E-state index in [1.807, 2.05) is 24.3 Å². The minimum Gasteiger partial charge on any atom is -0.274 e. The lowest BCUT2D eigenvalue weighted by molar-refractivity contribution is -0.665. The molecule has 5 heteroatoms. The number of aryl methyl sites for hydroxylation is 1. The van der Waals surface area contributed by atoms with Crippen LogP contribution in [-0.2, 0) is 6.54 Å². The number of carbonyl (C=O) groups excluding carboxylic acids is 2. The number of rotatable bonds is 6. The molecule has 0 N–H and O–H groups in total. The van der Waals surface area contributed by atoms with Crippen molar-refractivity contribution >= 4 is 56.3 Å². The number of benzene rings is 3. The first-order valence-electron chi connectivity index (χ1n) is 11.1. The smallest absolute Gasteiger partial charge is 0.262 e. The minimum atomic E-state index is -0.187. The van der Waals surface area contributed by atoms with E-state index in [9.17, 15) is 9.59 Å². The van der Waals surface area contributed by atoms with Crippen molar-refractivity contribution in [2.75, 3.05) is 6.54 Å². The summed E-state index contributed by atoms with van der Waals surface area (Å²) in [5.41, 5.74) is 3.44. The Morgan fingerprint density at radius 1 is 0.938 bits per heavy atom. The van der Waals surface area contributed by atoms with Gasteiger partial charge in [-0.25, -0.2) is 0 Å². The zero-order chi connectivity index (χ0) is 22.2. The van der Waals surface area contributed by atoms with E-state index in [1.54, 1.807) is 11.3 Å². The van der Waals surface area contributed by atoms with Gasteiger partial charge in [-0.2, -0.15) is 4.57 Å². The van der Waals surface area contributed by atoms with Crippen LogP contribution in [0, 0.1) is 0 Å². The van der Waals surface area contributed by atoms with E-state index in [2.05, 4.69) is 60.9 Å². The molecule has 0 unspecified atom stereocenters. The summed E-state index contributed by atoms with van der Waals surface area (Å²) in [4.78, 5) is 27.6. The summed E-state index contributed by atoms with van der Waals surface area (Å²) in [6, 6.07) is 18.1. The van der Waals surface area contributed by atoms with Gasteiger partial charge in [0.2, 0.25) is 5.52 Å². The molecule has 160 valence electrons. The molecule has 0 radical (unpaired) electrons. The standard InChI is InChI=1S/C27H25N2O2S/c1-3-5-15-29-26(30)20-10-8-9-19-16-18(17-21(25(19)20)27(29)31)13-14-24-28(4-2)22-11-6-7-12-23(22)32-24/h6-14,16-17H,3-5,15H2,1-2H3/q+1/b14-13+. The fraction of sp³-hybridized carbons (Fsp3) is 0.222. The molecule has 0 fully saturated rings. The van der Waals surface area contributed by atoms with Crippen LogP contribution in [-0.4, -0.2) is 23.3 Å². The highest BCUT2D eigenvalue weighted by molar-refractivity contribution is 7.18. The summed E-state index contributed by atoms with van der Waals surface area (Å²) < 4.78 is 3.56. The van der Waals surface area contributed by atoms with Crippen LogP contribution in [0.5, 0.6) is 0 Å². The Kier molecular flexibility index (Phi) is 5.35. The number of para-hydroxylation sites is 1. The molecule has 0 aliphatic carbocycles. The van der Waals surface area contributed by atoms with E-state index in [4.69, 9.17) is 0 Å². The predicted molar refractivity (Wildman–Crippen MR) is 131 cm³/mol. The first kappa shape index (κ1) is 20.6. The second-order valence-corrected chi connectivity index (χ2v) is 9.14. The van der Waals surface area contributed by atoms with Crippen molar-refractivity contribution in [2.45, 2.75) is 33.2 Å². The van der Waals surface area contributed by atoms with Gasteiger partial charge < -0.3 is 0 Å². The lowest BCUT2D eigenvalue weighted by Gasteiger charge is -2.27. The molecular formula is C27H25N2O2S+. The highest BCUT2D eigenvalue weighted by atomic mass is 32.1. The van der Waals surface area contributed by atoms with Gasteiger partial charge in [-0.05, 0) is 54.6 Å². The minimum absolute atomic E-state index is 0.181. The Balaban J connectivity index is 1.60. The van der Waals surface area contributed by atoms with Crippen LogP contribution in [0.3, 0.4) is 0 Å². The quantitative estimate of drug-likeness (QED) is 0.275. The van der Waals surface area contributed by atoms with Crippen LogP contribution < -0.4 is 4.57 Å². The number of carbonyl (C=O) groups is 2. The summed E-state index contributed by atoms with van der Waals surface area (Å²) in [5.74, 6) is -0.369. The van der Waals surface area contributed by atoms with E-state index in [0.29, 0.717) is 17.7 Å².